The number of amides is 3. The van der Waals surface area contributed by atoms with Crippen LogP contribution in [0.4, 0.5) is 0 Å². The summed E-state index contributed by atoms with van der Waals surface area (Å²) < 4.78 is 0.490. The monoisotopic (exact) mass is 363 g/mol. The van der Waals surface area contributed by atoms with Gasteiger partial charge in [0, 0.05) is 19.9 Å². The molecule has 1 aromatic rings. The van der Waals surface area contributed by atoms with Crippen LogP contribution in [0.25, 0.3) is 6.08 Å². The van der Waals surface area contributed by atoms with Crippen LogP contribution in [0.3, 0.4) is 0 Å². The molecule has 126 valence electrons. The number of rotatable bonds is 5. The van der Waals surface area contributed by atoms with Gasteiger partial charge >= 0.3 is 0 Å². The van der Waals surface area contributed by atoms with Crippen LogP contribution in [0, 0.1) is 0 Å². The number of benzene rings is 1. The number of thiocarbonyl (C=S) groups is 1. The lowest BCUT2D eigenvalue weighted by molar-refractivity contribution is -0.128. The van der Waals surface area contributed by atoms with Crippen molar-refractivity contribution in [1.82, 2.24) is 15.8 Å². The molecule has 0 unspecified atom stereocenters. The van der Waals surface area contributed by atoms with Crippen LogP contribution < -0.4 is 10.9 Å². The molecule has 1 heterocycles. The van der Waals surface area contributed by atoms with Gasteiger partial charge in [-0.15, -0.1) is 0 Å². The van der Waals surface area contributed by atoms with Gasteiger partial charge in [0.25, 0.3) is 5.91 Å². The highest BCUT2D eigenvalue weighted by molar-refractivity contribution is 8.26. The van der Waals surface area contributed by atoms with Crippen molar-refractivity contribution in [2.45, 2.75) is 19.8 Å². The minimum Gasteiger partial charge on any atom is -0.293 e. The minimum atomic E-state index is -0.341. The summed E-state index contributed by atoms with van der Waals surface area (Å²) in [6.45, 7) is 1.67. The van der Waals surface area contributed by atoms with Gasteiger partial charge in [-0.2, -0.15) is 0 Å². The number of nitrogens with zero attached hydrogens (tertiary/aromatic N) is 1. The molecule has 1 saturated heterocycles. The van der Waals surface area contributed by atoms with Crippen LogP contribution in [0.5, 0.6) is 0 Å². The molecule has 1 aliphatic rings. The topological polar surface area (TPSA) is 78.5 Å². The average molecular weight is 363 g/mol. The lowest BCUT2D eigenvalue weighted by Crippen LogP contribution is -2.40. The first-order valence-corrected chi connectivity index (χ1v) is 8.55. The lowest BCUT2D eigenvalue weighted by Gasteiger charge is -2.14. The van der Waals surface area contributed by atoms with Gasteiger partial charge in [0.05, 0.1) is 4.91 Å². The number of hydrazine groups is 1. The third-order valence-electron chi connectivity index (χ3n) is 3.13. The SMILES string of the molecule is CC(=O)NNC(=O)CCCN1C(=O)/C(=C/c2ccccc2)SC1=S. The van der Waals surface area contributed by atoms with Crippen molar-refractivity contribution in [3.05, 3.63) is 40.8 Å². The molecule has 3 amide bonds. The Bertz CT molecular complexity index is 689. The molecular formula is C16H17N3O3S2. The first-order chi connectivity index (χ1) is 11.5. The summed E-state index contributed by atoms with van der Waals surface area (Å²) in [7, 11) is 0. The maximum absolute atomic E-state index is 12.4. The third-order valence-corrected chi connectivity index (χ3v) is 4.51. The zero-order valence-electron chi connectivity index (χ0n) is 13.1. The van der Waals surface area contributed by atoms with Gasteiger partial charge < -0.3 is 0 Å². The number of carbonyl (C=O) groups excluding carboxylic acids is 3. The molecule has 0 bridgehead atoms. The van der Waals surface area contributed by atoms with Crippen LogP contribution in [0.2, 0.25) is 0 Å². The summed E-state index contributed by atoms with van der Waals surface area (Å²) in [6.07, 6.45) is 2.45. The molecule has 6 nitrogen and oxygen atoms in total. The first kappa shape index (κ1) is 18.2. The van der Waals surface area contributed by atoms with Crippen LogP contribution in [-0.2, 0) is 14.4 Å². The van der Waals surface area contributed by atoms with Crippen LogP contribution in [-0.4, -0.2) is 33.5 Å². The predicted octanol–water partition coefficient (Wildman–Crippen LogP) is 1.84. The van der Waals surface area contributed by atoms with Crippen molar-refractivity contribution in [3.8, 4) is 0 Å². The summed E-state index contributed by atoms with van der Waals surface area (Å²) in [5.74, 6) is -0.794. The van der Waals surface area contributed by atoms with Gasteiger partial charge in [-0.05, 0) is 18.1 Å². The number of carbonyl (C=O) groups is 3. The summed E-state index contributed by atoms with van der Waals surface area (Å²) in [5, 5.41) is 0. The fourth-order valence-electron chi connectivity index (χ4n) is 2.01. The predicted molar refractivity (Wildman–Crippen MR) is 97.5 cm³/mol. The molecule has 0 saturated carbocycles. The van der Waals surface area contributed by atoms with Gasteiger partial charge in [-0.3, -0.25) is 30.1 Å². The summed E-state index contributed by atoms with van der Waals surface area (Å²) in [5.41, 5.74) is 5.44. The Morgan fingerprint density at radius 1 is 1.25 bits per heavy atom. The Morgan fingerprint density at radius 2 is 1.96 bits per heavy atom. The molecule has 0 spiro atoms. The van der Waals surface area contributed by atoms with Crippen molar-refractivity contribution >= 4 is 52.1 Å². The highest BCUT2D eigenvalue weighted by Crippen LogP contribution is 2.32. The Morgan fingerprint density at radius 3 is 2.62 bits per heavy atom. The maximum atomic E-state index is 12.4. The van der Waals surface area contributed by atoms with Crippen LogP contribution in [0.15, 0.2) is 35.2 Å². The fourth-order valence-corrected chi connectivity index (χ4v) is 3.32. The highest BCUT2D eigenvalue weighted by atomic mass is 32.2. The third kappa shape index (κ3) is 5.17. The molecule has 2 rings (SSSR count). The van der Waals surface area contributed by atoms with Crippen molar-refractivity contribution < 1.29 is 14.4 Å². The minimum absolute atomic E-state index is 0.142. The number of nitrogens with one attached hydrogen (secondary N) is 2. The van der Waals surface area contributed by atoms with Crippen molar-refractivity contribution in [2.24, 2.45) is 0 Å². The largest absolute Gasteiger partial charge is 0.293 e. The Labute approximate surface area is 149 Å². The second-order valence-corrected chi connectivity index (χ2v) is 6.75. The Kier molecular flexibility index (Phi) is 6.51. The number of hydrogen-bond acceptors (Lipinski definition) is 5. The van der Waals surface area contributed by atoms with Crippen molar-refractivity contribution in [1.29, 1.82) is 0 Å². The van der Waals surface area contributed by atoms with E-state index in [1.165, 1.54) is 23.6 Å². The second kappa shape index (κ2) is 8.60. The molecule has 1 aliphatic heterocycles. The fraction of sp³-hybridized carbons (Fsp3) is 0.250. The smallest absolute Gasteiger partial charge is 0.266 e. The number of hydrogen-bond donors (Lipinski definition) is 2. The summed E-state index contributed by atoms with van der Waals surface area (Å²) >= 11 is 6.51. The van der Waals surface area contributed by atoms with Crippen molar-refractivity contribution in [3.63, 3.8) is 0 Å². The Balaban J connectivity index is 1.87. The van der Waals surface area contributed by atoms with E-state index in [4.69, 9.17) is 12.2 Å². The maximum Gasteiger partial charge on any atom is 0.266 e. The number of thioether (sulfide) groups is 1. The molecule has 0 atom stereocenters. The summed E-state index contributed by atoms with van der Waals surface area (Å²) in [6, 6.07) is 9.55. The van der Waals surface area contributed by atoms with E-state index in [2.05, 4.69) is 10.9 Å². The lowest BCUT2D eigenvalue weighted by atomic mass is 10.2. The zero-order chi connectivity index (χ0) is 17.5. The van der Waals surface area contributed by atoms with E-state index in [1.807, 2.05) is 36.4 Å². The zero-order valence-corrected chi connectivity index (χ0v) is 14.7. The molecule has 0 aliphatic carbocycles. The van der Waals surface area contributed by atoms with Gasteiger partial charge in [0.1, 0.15) is 4.32 Å². The second-order valence-electron chi connectivity index (χ2n) is 5.08. The Hall–Kier alpha value is -2.19. The van der Waals surface area contributed by atoms with E-state index in [-0.39, 0.29) is 24.1 Å². The molecule has 1 aromatic carbocycles. The molecule has 8 heteroatoms. The van der Waals surface area contributed by atoms with Crippen LogP contribution >= 0.6 is 24.0 Å². The summed E-state index contributed by atoms with van der Waals surface area (Å²) in [4.78, 5) is 36.7. The van der Waals surface area contributed by atoms with Crippen LogP contribution in [0.1, 0.15) is 25.3 Å². The van der Waals surface area contributed by atoms with E-state index >= 15 is 0 Å². The normalized spacial score (nSPS) is 15.7. The van der Waals surface area contributed by atoms with Gasteiger partial charge in [-0.25, -0.2) is 0 Å². The quantitative estimate of drug-likeness (QED) is 0.474. The molecule has 0 radical (unpaired) electrons. The van der Waals surface area contributed by atoms with E-state index in [0.29, 0.717) is 22.2 Å². The van der Waals surface area contributed by atoms with E-state index in [0.717, 1.165) is 5.56 Å². The van der Waals surface area contributed by atoms with Crippen molar-refractivity contribution in [2.75, 3.05) is 6.54 Å². The molecule has 2 N–H and O–H groups in total. The van der Waals surface area contributed by atoms with Gasteiger partial charge in [0.15, 0.2) is 0 Å². The molecular weight excluding hydrogens is 346 g/mol. The standard InChI is InChI=1S/C16H17N3O3S2/c1-11(20)17-18-14(21)8-5-9-19-15(22)13(24-16(19)23)10-12-6-3-2-4-7-12/h2-4,6-7,10H,5,8-9H2,1H3,(H,17,20)(H,18,21)/b13-10-. The molecule has 24 heavy (non-hydrogen) atoms. The average Bonchev–Trinajstić information content (AvgIpc) is 2.81. The van der Waals surface area contributed by atoms with E-state index < -0.39 is 0 Å². The van der Waals surface area contributed by atoms with E-state index in [1.54, 1.807) is 0 Å². The molecule has 0 aromatic heterocycles. The highest BCUT2D eigenvalue weighted by Gasteiger charge is 2.31. The van der Waals surface area contributed by atoms with E-state index in [9.17, 15) is 14.4 Å². The van der Waals surface area contributed by atoms with Gasteiger partial charge in [0.2, 0.25) is 11.8 Å². The molecule has 1 fully saturated rings. The first-order valence-electron chi connectivity index (χ1n) is 7.33. The van der Waals surface area contributed by atoms with Gasteiger partial charge in [-0.1, -0.05) is 54.3 Å².